The summed E-state index contributed by atoms with van der Waals surface area (Å²) < 4.78 is 0. The minimum Gasteiger partial charge on any atom is -0.481 e. The number of rotatable bonds is 5. The highest BCUT2D eigenvalue weighted by molar-refractivity contribution is 5.70. The quantitative estimate of drug-likeness (QED) is 0.715. The lowest BCUT2D eigenvalue weighted by molar-refractivity contribution is -0.143. The monoisotopic (exact) mass is 201 g/mol. The summed E-state index contributed by atoms with van der Waals surface area (Å²) in [5.74, 6) is -0.807. The van der Waals surface area contributed by atoms with E-state index in [1.54, 1.807) is 0 Å². The number of carboxylic acids is 1. The summed E-state index contributed by atoms with van der Waals surface area (Å²) in [4.78, 5) is 10.9. The zero-order chi connectivity index (χ0) is 11.4. The fourth-order valence-electron chi connectivity index (χ4n) is 1.21. The first-order valence-electron chi connectivity index (χ1n) is 5.17. The summed E-state index contributed by atoms with van der Waals surface area (Å²) in [6, 6.07) is 0. The van der Waals surface area contributed by atoms with Gasteiger partial charge in [0.15, 0.2) is 0 Å². The van der Waals surface area contributed by atoms with Gasteiger partial charge in [0.05, 0.1) is 5.92 Å². The maximum atomic E-state index is 10.9. The van der Waals surface area contributed by atoms with Crippen LogP contribution in [0.25, 0.3) is 0 Å². The Morgan fingerprint density at radius 2 is 1.86 bits per heavy atom. The Morgan fingerprint density at radius 1 is 1.36 bits per heavy atom. The molecule has 1 atom stereocenters. The second-order valence-electron chi connectivity index (χ2n) is 5.38. The normalized spacial score (nSPS) is 14.4. The van der Waals surface area contributed by atoms with Gasteiger partial charge in [0.1, 0.15) is 0 Å². The number of aliphatic carboxylic acids is 1. The van der Waals surface area contributed by atoms with Crippen LogP contribution in [0.1, 0.15) is 34.6 Å². The first-order valence-corrected chi connectivity index (χ1v) is 5.17. The molecule has 0 fully saturated rings. The Hall–Kier alpha value is -0.570. The van der Waals surface area contributed by atoms with E-state index in [-0.39, 0.29) is 17.3 Å². The van der Waals surface area contributed by atoms with Crippen molar-refractivity contribution in [3.63, 3.8) is 0 Å². The third-order valence-electron chi connectivity index (χ3n) is 2.14. The van der Waals surface area contributed by atoms with E-state index in [0.717, 1.165) is 6.54 Å². The molecule has 0 saturated heterocycles. The molecule has 0 spiro atoms. The molecule has 3 nitrogen and oxygen atoms in total. The van der Waals surface area contributed by atoms with Crippen LogP contribution in [-0.2, 0) is 4.79 Å². The summed E-state index contributed by atoms with van der Waals surface area (Å²) in [5, 5.41) is 12.1. The molecule has 84 valence electrons. The molecule has 0 amide bonds. The van der Waals surface area contributed by atoms with Gasteiger partial charge in [-0.3, -0.25) is 4.79 Å². The lowest BCUT2D eigenvalue weighted by Gasteiger charge is -2.22. The third kappa shape index (κ3) is 5.97. The molecule has 0 heterocycles. The zero-order valence-electron chi connectivity index (χ0n) is 9.92. The number of hydrogen-bond acceptors (Lipinski definition) is 2. The van der Waals surface area contributed by atoms with Crippen LogP contribution in [0.5, 0.6) is 0 Å². The molecule has 2 N–H and O–H groups in total. The van der Waals surface area contributed by atoms with E-state index in [0.29, 0.717) is 6.54 Å². The lowest BCUT2D eigenvalue weighted by Crippen LogP contribution is -2.36. The predicted molar refractivity (Wildman–Crippen MR) is 58.3 cm³/mol. The number of nitrogens with one attached hydrogen (secondary N) is 1. The molecular weight excluding hydrogens is 178 g/mol. The fourth-order valence-corrected chi connectivity index (χ4v) is 1.21. The van der Waals surface area contributed by atoms with Gasteiger partial charge in [-0.2, -0.15) is 0 Å². The van der Waals surface area contributed by atoms with Crippen LogP contribution < -0.4 is 5.32 Å². The van der Waals surface area contributed by atoms with E-state index in [1.165, 1.54) is 0 Å². The largest absolute Gasteiger partial charge is 0.481 e. The van der Waals surface area contributed by atoms with E-state index in [1.807, 2.05) is 13.8 Å². The Bertz CT molecular complexity index is 182. The summed E-state index contributed by atoms with van der Waals surface area (Å²) in [6.07, 6.45) is 0. The second-order valence-corrected chi connectivity index (χ2v) is 5.38. The van der Waals surface area contributed by atoms with Crippen LogP contribution in [0.4, 0.5) is 0 Å². The van der Waals surface area contributed by atoms with Gasteiger partial charge in [-0.1, -0.05) is 34.6 Å². The van der Waals surface area contributed by atoms with Crippen LogP contribution in [0, 0.1) is 17.3 Å². The van der Waals surface area contributed by atoms with E-state index in [9.17, 15) is 4.79 Å². The van der Waals surface area contributed by atoms with Crippen molar-refractivity contribution >= 4 is 5.97 Å². The Kier molecular flexibility index (Phi) is 5.13. The van der Waals surface area contributed by atoms with Crippen molar-refractivity contribution in [2.75, 3.05) is 13.1 Å². The van der Waals surface area contributed by atoms with E-state index >= 15 is 0 Å². The first-order chi connectivity index (χ1) is 6.24. The third-order valence-corrected chi connectivity index (χ3v) is 2.14. The SMILES string of the molecule is CC(C)C(CNCC(C)(C)C)C(=O)O. The molecule has 0 aromatic carbocycles. The molecule has 0 aliphatic carbocycles. The molecular formula is C11H23NO2. The Labute approximate surface area is 86.9 Å². The highest BCUT2D eigenvalue weighted by Crippen LogP contribution is 2.13. The zero-order valence-corrected chi connectivity index (χ0v) is 9.92. The number of carbonyl (C=O) groups is 1. The fraction of sp³-hybridized carbons (Fsp3) is 0.909. The lowest BCUT2D eigenvalue weighted by atomic mass is 9.94. The van der Waals surface area contributed by atoms with Crippen molar-refractivity contribution in [2.45, 2.75) is 34.6 Å². The molecule has 0 radical (unpaired) electrons. The molecule has 3 heteroatoms. The Balaban J connectivity index is 3.90. The van der Waals surface area contributed by atoms with Gasteiger partial charge in [0, 0.05) is 13.1 Å². The van der Waals surface area contributed by atoms with Crippen molar-refractivity contribution < 1.29 is 9.90 Å². The van der Waals surface area contributed by atoms with Gasteiger partial charge < -0.3 is 10.4 Å². The number of hydrogen-bond donors (Lipinski definition) is 2. The van der Waals surface area contributed by atoms with Gasteiger partial charge in [-0.05, 0) is 11.3 Å². The van der Waals surface area contributed by atoms with Crippen molar-refractivity contribution in [2.24, 2.45) is 17.3 Å². The van der Waals surface area contributed by atoms with Crippen LogP contribution in [0.15, 0.2) is 0 Å². The Morgan fingerprint density at radius 3 is 2.14 bits per heavy atom. The van der Waals surface area contributed by atoms with Crippen molar-refractivity contribution in [1.29, 1.82) is 0 Å². The maximum Gasteiger partial charge on any atom is 0.308 e. The topological polar surface area (TPSA) is 49.3 Å². The summed E-state index contributed by atoms with van der Waals surface area (Å²) in [6.45, 7) is 11.7. The molecule has 0 aromatic heterocycles. The van der Waals surface area contributed by atoms with Gasteiger partial charge in [-0.25, -0.2) is 0 Å². The van der Waals surface area contributed by atoms with Gasteiger partial charge in [0.2, 0.25) is 0 Å². The molecule has 1 unspecified atom stereocenters. The maximum absolute atomic E-state index is 10.9. The van der Waals surface area contributed by atoms with E-state index < -0.39 is 5.97 Å². The number of carboxylic acid groups (broad SMARTS) is 1. The van der Waals surface area contributed by atoms with E-state index in [4.69, 9.17) is 5.11 Å². The van der Waals surface area contributed by atoms with Crippen molar-refractivity contribution in [3.05, 3.63) is 0 Å². The molecule has 0 saturated carbocycles. The van der Waals surface area contributed by atoms with Crippen molar-refractivity contribution in [1.82, 2.24) is 5.32 Å². The molecule has 0 aliphatic rings. The summed E-state index contributed by atoms with van der Waals surface area (Å²) >= 11 is 0. The van der Waals surface area contributed by atoms with Crippen LogP contribution in [-0.4, -0.2) is 24.2 Å². The van der Waals surface area contributed by atoms with Crippen LogP contribution >= 0.6 is 0 Å². The summed E-state index contributed by atoms with van der Waals surface area (Å²) in [7, 11) is 0. The molecule has 14 heavy (non-hydrogen) atoms. The van der Waals surface area contributed by atoms with Gasteiger partial charge in [-0.15, -0.1) is 0 Å². The highest BCUT2D eigenvalue weighted by atomic mass is 16.4. The first kappa shape index (κ1) is 13.4. The minimum atomic E-state index is -0.707. The van der Waals surface area contributed by atoms with E-state index in [2.05, 4.69) is 26.1 Å². The van der Waals surface area contributed by atoms with Gasteiger partial charge in [0.25, 0.3) is 0 Å². The molecule has 0 aromatic rings. The average molecular weight is 201 g/mol. The average Bonchev–Trinajstić information content (AvgIpc) is 1.94. The predicted octanol–water partition coefficient (Wildman–Crippen LogP) is 1.98. The summed E-state index contributed by atoms with van der Waals surface area (Å²) in [5.41, 5.74) is 0.208. The van der Waals surface area contributed by atoms with Crippen molar-refractivity contribution in [3.8, 4) is 0 Å². The van der Waals surface area contributed by atoms with Gasteiger partial charge >= 0.3 is 5.97 Å². The standard InChI is InChI=1S/C11H23NO2/c1-8(2)9(10(13)14)6-12-7-11(3,4)5/h8-9,12H,6-7H2,1-5H3,(H,13,14). The minimum absolute atomic E-state index is 0.181. The molecule has 0 aliphatic heterocycles. The second kappa shape index (κ2) is 5.35. The van der Waals surface area contributed by atoms with Crippen LogP contribution in [0.3, 0.4) is 0 Å². The van der Waals surface area contributed by atoms with Crippen LogP contribution in [0.2, 0.25) is 0 Å². The molecule has 0 bridgehead atoms. The smallest absolute Gasteiger partial charge is 0.308 e. The molecule has 0 rings (SSSR count). The highest BCUT2D eigenvalue weighted by Gasteiger charge is 2.21.